The monoisotopic (exact) mass is 243 g/mol. The Morgan fingerprint density at radius 3 is 3.00 bits per heavy atom. The standard InChI is InChI=1S/C11H14ClNOS/c1-15-11-3-2-8(6-10(11)12)13-9-4-5-14-7-9/h2-3,6,9,13H,4-5,7H2,1H3. The molecule has 0 aliphatic carbocycles. The number of hydrogen-bond donors (Lipinski definition) is 1. The van der Waals surface area contributed by atoms with Crippen molar-refractivity contribution in [3.63, 3.8) is 0 Å². The molecule has 1 atom stereocenters. The first-order valence-corrected chi connectivity index (χ1v) is 6.57. The Labute approximate surface area is 99.3 Å². The highest BCUT2D eigenvalue weighted by Crippen LogP contribution is 2.28. The summed E-state index contributed by atoms with van der Waals surface area (Å²) in [6, 6.07) is 6.52. The number of rotatable bonds is 3. The van der Waals surface area contributed by atoms with E-state index in [0.717, 1.165) is 35.2 Å². The molecule has 15 heavy (non-hydrogen) atoms. The minimum Gasteiger partial charge on any atom is -0.380 e. The molecule has 1 heterocycles. The van der Waals surface area contributed by atoms with E-state index in [2.05, 4.69) is 11.4 Å². The predicted octanol–water partition coefficient (Wildman–Crippen LogP) is 3.26. The van der Waals surface area contributed by atoms with Crippen LogP contribution < -0.4 is 5.32 Å². The summed E-state index contributed by atoms with van der Waals surface area (Å²) < 4.78 is 5.30. The van der Waals surface area contributed by atoms with Gasteiger partial charge in [-0.1, -0.05) is 11.6 Å². The van der Waals surface area contributed by atoms with Crippen molar-refractivity contribution in [3.8, 4) is 0 Å². The van der Waals surface area contributed by atoms with Gasteiger partial charge in [0, 0.05) is 17.2 Å². The van der Waals surface area contributed by atoms with Crippen molar-refractivity contribution in [1.82, 2.24) is 0 Å². The van der Waals surface area contributed by atoms with Gasteiger partial charge in [0.25, 0.3) is 0 Å². The molecule has 0 radical (unpaired) electrons. The van der Waals surface area contributed by atoms with Crippen molar-refractivity contribution in [2.75, 3.05) is 24.8 Å². The van der Waals surface area contributed by atoms with Gasteiger partial charge in [-0.3, -0.25) is 0 Å². The summed E-state index contributed by atoms with van der Waals surface area (Å²) in [5, 5.41) is 4.23. The lowest BCUT2D eigenvalue weighted by atomic mass is 10.2. The third kappa shape index (κ3) is 2.80. The van der Waals surface area contributed by atoms with Gasteiger partial charge in [-0.15, -0.1) is 11.8 Å². The molecule has 0 amide bonds. The van der Waals surface area contributed by atoms with Gasteiger partial charge in [-0.25, -0.2) is 0 Å². The Morgan fingerprint density at radius 1 is 1.53 bits per heavy atom. The fourth-order valence-corrected chi connectivity index (χ4v) is 2.51. The highest BCUT2D eigenvalue weighted by Gasteiger charge is 2.15. The molecule has 0 spiro atoms. The molecule has 1 saturated heterocycles. The maximum Gasteiger partial charge on any atom is 0.0668 e. The number of hydrogen-bond acceptors (Lipinski definition) is 3. The van der Waals surface area contributed by atoms with Crippen LogP contribution in [0.15, 0.2) is 23.1 Å². The number of anilines is 1. The Balaban J connectivity index is 2.05. The van der Waals surface area contributed by atoms with Crippen LogP contribution in [0.1, 0.15) is 6.42 Å². The molecule has 1 aromatic rings. The van der Waals surface area contributed by atoms with Crippen LogP contribution in [0.5, 0.6) is 0 Å². The van der Waals surface area contributed by atoms with E-state index in [4.69, 9.17) is 16.3 Å². The maximum atomic E-state index is 6.12. The third-order valence-electron chi connectivity index (χ3n) is 2.45. The van der Waals surface area contributed by atoms with Gasteiger partial charge in [0.1, 0.15) is 0 Å². The largest absolute Gasteiger partial charge is 0.380 e. The zero-order valence-corrected chi connectivity index (χ0v) is 10.2. The van der Waals surface area contributed by atoms with E-state index in [-0.39, 0.29) is 0 Å². The third-order valence-corrected chi connectivity index (χ3v) is 3.67. The van der Waals surface area contributed by atoms with Crippen LogP contribution in [0, 0.1) is 0 Å². The minimum atomic E-state index is 0.432. The van der Waals surface area contributed by atoms with Crippen molar-refractivity contribution in [2.24, 2.45) is 0 Å². The summed E-state index contributed by atoms with van der Waals surface area (Å²) in [4.78, 5) is 1.12. The molecule has 1 aliphatic rings. The zero-order chi connectivity index (χ0) is 10.7. The van der Waals surface area contributed by atoms with E-state index in [9.17, 15) is 0 Å². The number of halogens is 1. The van der Waals surface area contributed by atoms with Crippen LogP contribution in [0.3, 0.4) is 0 Å². The molecule has 2 rings (SSSR count). The first-order chi connectivity index (χ1) is 7.29. The molecule has 1 fully saturated rings. The summed E-state index contributed by atoms with van der Waals surface area (Å²) in [7, 11) is 0. The lowest BCUT2D eigenvalue weighted by Gasteiger charge is -2.13. The van der Waals surface area contributed by atoms with E-state index in [1.807, 2.05) is 18.4 Å². The van der Waals surface area contributed by atoms with Crippen molar-refractivity contribution in [1.29, 1.82) is 0 Å². The first kappa shape index (κ1) is 11.1. The summed E-state index contributed by atoms with van der Waals surface area (Å²) >= 11 is 7.79. The van der Waals surface area contributed by atoms with Crippen LogP contribution in [0.4, 0.5) is 5.69 Å². The highest BCUT2D eigenvalue weighted by atomic mass is 35.5. The lowest BCUT2D eigenvalue weighted by Crippen LogP contribution is -2.18. The molecule has 0 bridgehead atoms. The molecule has 1 aromatic carbocycles. The van der Waals surface area contributed by atoms with Crippen LogP contribution in [-0.4, -0.2) is 25.5 Å². The number of thioether (sulfide) groups is 1. The second-order valence-corrected chi connectivity index (χ2v) is 4.81. The molecule has 82 valence electrons. The van der Waals surface area contributed by atoms with E-state index in [1.54, 1.807) is 11.8 Å². The van der Waals surface area contributed by atoms with Crippen LogP contribution in [0.2, 0.25) is 5.02 Å². The molecule has 2 nitrogen and oxygen atoms in total. The SMILES string of the molecule is CSc1ccc(NC2CCOC2)cc1Cl. The highest BCUT2D eigenvalue weighted by molar-refractivity contribution is 7.98. The maximum absolute atomic E-state index is 6.12. The molecule has 0 aromatic heterocycles. The average molecular weight is 244 g/mol. The quantitative estimate of drug-likeness (QED) is 0.824. The minimum absolute atomic E-state index is 0.432. The number of ether oxygens (including phenoxy) is 1. The first-order valence-electron chi connectivity index (χ1n) is 4.97. The zero-order valence-electron chi connectivity index (χ0n) is 8.63. The van der Waals surface area contributed by atoms with Gasteiger partial charge in [0.15, 0.2) is 0 Å². The van der Waals surface area contributed by atoms with Crippen molar-refractivity contribution >= 4 is 29.1 Å². The second kappa shape index (κ2) is 5.10. The molecular weight excluding hydrogens is 230 g/mol. The molecule has 1 N–H and O–H groups in total. The topological polar surface area (TPSA) is 21.3 Å². The average Bonchev–Trinajstić information content (AvgIpc) is 2.71. The summed E-state index contributed by atoms with van der Waals surface area (Å²) in [5.41, 5.74) is 1.08. The Morgan fingerprint density at radius 2 is 2.40 bits per heavy atom. The Bertz CT molecular complexity index is 339. The van der Waals surface area contributed by atoms with Gasteiger partial charge in [-0.05, 0) is 30.9 Å². The molecule has 1 aliphatic heterocycles. The fourth-order valence-electron chi connectivity index (χ4n) is 1.64. The van der Waals surface area contributed by atoms with E-state index in [0.29, 0.717) is 6.04 Å². The van der Waals surface area contributed by atoms with Gasteiger partial charge >= 0.3 is 0 Å². The predicted molar refractivity (Wildman–Crippen MR) is 66.1 cm³/mol. The second-order valence-electron chi connectivity index (χ2n) is 3.55. The van der Waals surface area contributed by atoms with E-state index in [1.165, 1.54) is 0 Å². The van der Waals surface area contributed by atoms with Gasteiger partial charge < -0.3 is 10.1 Å². The molecular formula is C11H14ClNOS. The van der Waals surface area contributed by atoms with Crippen molar-refractivity contribution in [3.05, 3.63) is 23.2 Å². The smallest absolute Gasteiger partial charge is 0.0668 e. The van der Waals surface area contributed by atoms with Crippen LogP contribution in [-0.2, 0) is 4.74 Å². The van der Waals surface area contributed by atoms with Crippen molar-refractivity contribution < 1.29 is 4.74 Å². The molecule has 0 saturated carbocycles. The van der Waals surface area contributed by atoms with E-state index >= 15 is 0 Å². The Kier molecular flexibility index (Phi) is 3.78. The fraction of sp³-hybridized carbons (Fsp3) is 0.455. The Hall–Kier alpha value is -0.380. The van der Waals surface area contributed by atoms with Crippen LogP contribution in [0.25, 0.3) is 0 Å². The van der Waals surface area contributed by atoms with Gasteiger partial charge in [-0.2, -0.15) is 0 Å². The lowest BCUT2D eigenvalue weighted by molar-refractivity contribution is 0.195. The van der Waals surface area contributed by atoms with Crippen LogP contribution >= 0.6 is 23.4 Å². The van der Waals surface area contributed by atoms with Gasteiger partial charge in [0.05, 0.1) is 17.7 Å². The van der Waals surface area contributed by atoms with Crippen molar-refractivity contribution in [2.45, 2.75) is 17.4 Å². The number of benzene rings is 1. The van der Waals surface area contributed by atoms with E-state index < -0.39 is 0 Å². The summed E-state index contributed by atoms with van der Waals surface area (Å²) in [5.74, 6) is 0. The van der Waals surface area contributed by atoms with Gasteiger partial charge in [0.2, 0.25) is 0 Å². The number of nitrogens with one attached hydrogen (secondary N) is 1. The molecule has 4 heteroatoms. The molecule has 1 unspecified atom stereocenters. The normalized spacial score (nSPS) is 20.5. The summed E-state index contributed by atoms with van der Waals surface area (Å²) in [6.07, 6.45) is 3.10. The summed E-state index contributed by atoms with van der Waals surface area (Å²) in [6.45, 7) is 1.65.